The number of rotatable bonds is 1. The van der Waals surface area contributed by atoms with Crippen LogP contribution in [0.2, 0.25) is 0 Å². The smallest absolute Gasteiger partial charge is 0.164 e. The Morgan fingerprint density at radius 1 is 1.43 bits per heavy atom. The molecule has 0 amide bonds. The Balaban J connectivity index is 2.44. The van der Waals surface area contributed by atoms with Gasteiger partial charge in [0.25, 0.3) is 0 Å². The van der Waals surface area contributed by atoms with E-state index in [1.165, 1.54) is 7.11 Å². The van der Waals surface area contributed by atoms with Crippen LogP contribution < -0.4 is 9.47 Å². The molecule has 3 nitrogen and oxygen atoms in total. The third kappa shape index (κ3) is 1.39. The summed E-state index contributed by atoms with van der Waals surface area (Å²) in [5, 5.41) is 9.56. The molecule has 1 aliphatic rings. The maximum atomic E-state index is 9.56. The highest BCUT2D eigenvalue weighted by Gasteiger charge is 2.31. The van der Waals surface area contributed by atoms with Crippen molar-refractivity contribution in [3.05, 3.63) is 17.7 Å². The van der Waals surface area contributed by atoms with E-state index in [1.54, 1.807) is 12.1 Å². The first kappa shape index (κ1) is 9.19. The molecular formula is C11H14O3. The van der Waals surface area contributed by atoms with Gasteiger partial charge in [0.2, 0.25) is 0 Å². The fourth-order valence-electron chi connectivity index (χ4n) is 1.78. The average Bonchev–Trinajstić information content (AvgIpc) is 2.36. The lowest BCUT2D eigenvalue weighted by Gasteiger charge is -2.16. The highest BCUT2D eigenvalue weighted by molar-refractivity contribution is 5.52. The summed E-state index contributed by atoms with van der Waals surface area (Å²) in [4.78, 5) is 0. The van der Waals surface area contributed by atoms with Gasteiger partial charge in [-0.05, 0) is 19.9 Å². The lowest BCUT2D eigenvalue weighted by atomic mass is 10.0. The van der Waals surface area contributed by atoms with Crippen LogP contribution in [0.3, 0.4) is 0 Å². The van der Waals surface area contributed by atoms with Crippen LogP contribution in [-0.4, -0.2) is 17.8 Å². The Labute approximate surface area is 83.3 Å². The van der Waals surface area contributed by atoms with Crippen molar-refractivity contribution in [1.29, 1.82) is 0 Å². The summed E-state index contributed by atoms with van der Waals surface area (Å²) >= 11 is 0. The van der Waals surface area contributed by atoms with Gasteiger partial charge in [0.1, 0.15) is 11.4 Å². The van der Waals surface area contributed by atoms with Gasteiger partial charge in [-0.15, -0.1) is 0 Å². The minimum Gasteiger partial charge on any atom is -0.504 e. The number of phenolic OH excluding ortho intramolecular Hbond substituents is 1. The highest BCUT2D eigenvalue weighted by atomic mass is 16.5. The summed E-state index contributed by atoms with van der Waals surface area (Å²) in [5.41, 5.74) is 0.856. The summed E-state index contributed by atoms with van der Waals surface area (Å²) in [7, 11) is 1.53. The van der Waals surface area contributed by atoms with Crippen LogP contribution in [0.1, 0.15) is 19.4 Å². The number of phenols is 1. The molecule has 14 heavy (non-hydrogen) atoms. The van der Waals surface area contributed by atoms with Crippen LogP contribution >= 0.6 is 0 Å². The van der Waals surface area contributed by atoms with Gasteiger partial charge >= 0.3 is 0 Å². The zero-order valence-electron chi connectivity index (χ0n) is 8.63. The first-order valence-corrected chi connectivity index (χ1v) is 4.61. The summed E-state index contributed by atoms with van der Waals surface area (Å²) in [6.07, 6.45) is 0.819. The molecule has 1 aromatic rings. The highest BCUT2D eigenvalue weighted by Crippen LogP contribution is 2.41. The van der Waals surface area contributed by atoms with E-state index >= 15 is 0 Å². The van der Waals surface area contributed by atoms with E-state index in [2.05, 4.69) is 0 Å². The topological polar surface area (TPSA) is 38.7 Å². The fourth-order valence-corrected chi connectivity index (χ4v) is 1.78. The molecule has 0 saturated heterocycles. The summed E-state index contributed by atoms with van der Waals surface area (Å²) in [6, 6.07) is 3.45. The predicted molar refractivity (Wildman–Crippen MR) is 53.1 cm³/mol. The second-order valence-corrected chi connectivity index (χ2v) is 4.17. The van der Waals surface area contributed by atoms with Gasteiger partial charge in [-0.2, -0.15) is 0 Å². The minimum atomic E-state index is -0.179. The van der Waals surface area contributed by atoms with Crippen molar-refractivity contribution in [2.45, 2.75) is 25.9 Å². The Morgan fingerprint density at radius 3 is 2.79 bits per heavy atom. The van der Waals surface area contributed by atoms with Crippen LogP contribution in [0, 0.1) is 0 Å². The molecule has 2 rings (SSSR count). The number of hydrogen-bond donors (Lipinski definition) is 1. The molecule has 1 aliphatic heterocycles. The van der Waals surface area contributed by atoms with Crippen LogP contribution in [0.5, 0.6) is 17.2 Å². The maximum absolute atomic E-state index is 9.56. The van der Waals surface area contributed by atoms with Crippen molar-refractivity contribution in [2.75, 3.05) is 7.11 Å². The zero-order chi connectivity index (χ0) is 10.3. The molecule has 0 unspecified atom stereocenters. The van der Waals surface area contributed by atoms with E-state index < -0.39 is 0 Å². The molecule has 1 aromatic carbocycles. The number of fused-ring (bicyclic) bond motifs is 1. The van der Waals surface area contributed by atoms with E-state index in [-0.39, 0.29) is 11.4 Å². The quantitative estimate of drug-likeness (QED) is 0.744. The number of hydrogen-bond acceptors (Lipinski definition) is 3. The monoisotopic (exact) mass is 194 g/mol. The van der Waals surface area contributed by atoms with Gasteiger partial charge in [0.05, 0.1) is 7.11 Å². The molecule has 1 heterocycles. The lowest BCUT2D eigenvalue weighted by Crippen LogP contribution is -2.24. The Morgan fingerprint density at radius 2 is 2.14 bits per heavy atom. The van der Waals surface area contributed by atoms with Gasteiger partial charge in [-0.3, -0.25) is 0 Å². The van der Waals surface area contributed by atoms with Crippen molar-refractivity contribution < 1.29 is 14.6 Å². The normalized spacial score (nSPS) is 17.4. The first-order chi connectivity index (χ1) is 6.52. The molecule has 0 aromatic heterocycles. The standard InChI is InChI=1S/C11H14O3/c1-11(2)6-7-4-8(12)10(13-3)5-9(7)14-11/h4-5,12H,6H2,1-3H3. The van der Waals surface area contributed by atoms with Crippen LogP contribution in [0.25, 0.3) is 0 Å². The van der Waals surface area contributed by atoms with Gasteiger partial charge in [-0.1, -0.05) is 0 Å². The molecule has 0 spiro atoms. The summed E-state index contributed by atoms with van der Waals surface area (Å²) in [6.45, 7) is 4.05. The molecule has 3 heteroatoms. The second-order valence-electron chi connectivity index (χ2n) is 4.17. The maximum Gasteiger partial charge on any atom is 0.164 e. The third-order valence-corrected chi connectivity index (χ3v) is 2.36. The van der Waals surface area contributed by atoms with Crippen LogP contribution in [0.15, 0.2) is 12.1 Å². The van der Waals surface area contributed by atoms with E-state index in [9.17, 15) is 5.11 Å². The Bertz CT molecular complexity index is 369. The molecule has 0 bridgehead atoms. The molecule has 0 aliphatic carbocycles. The third-order valence-electron chi connectivity index (χ3n) is 2.36. The fraction of sp³-hybridized carbons (Fsp3) is 0.455. The SMILES string of the molecule is COc1cc2c(cc1O)CC(C)(C)O2. The van der Waals surface area contributed by atoms with Gasteiger partial charge in [0.15, 0.2) is 11.5 Å². The van der Waals surface area contributed by atoms with E-state index in [0.717, 1.165) is 17.7 Å². The van der Waals surface area contributed by atoms with Gasteiger partial charge < -0.3 is 14.6 Å². The van der Waals surface area contributed by atoms with Crippen LogP contribution in [0.4, 0.5) is 0 Å². The number of benzene rings is 1. The Kier molecular flexibility index (Phi) is 1.84. The molecule has 0 fully saturated rings. The second kappa shape index (κ2) is 2.80. The van der Waals surface area contributed by atoms with Crippen molar-refractivity contribution in [1.82, 2.24) is 0 Å². The van der Waals surface area contributed by atoms with E-state index in [1.807, 2.05) is 13.8 Å². The van der Waals surface area contributed by atoms with Crippen molar-refractivity contribution in [3.63, 3.8) is 0 Å². The molecule has 1 N–H and O–H groups in total. The first-order valence-electron chi connectivity index (χ1n) is 4.61. The molecular weight excluding hydrogens is 180 g/mol. The summed E-state index contributed by atoms with van der Waals surface area (Å²) < 4.78 is 10.7. The Hall–Kier alpha value is -1.38. The number of methoxy groups -OCH3 is 1. The zero-order valence-corrected chi connectivity index (χ0v) is 8.63. The molecule has 0 atom stereocenters. The predicted octanol–water partition coefficient (Wildman–Crippen LogP) is 2.11. The largest absolute Gasteiger partial charge is 0.504 e. The molecule has 0 radical (unpaired) electrons. The number of ether oxygens (including phenoxy) is 2. The van der Waals surface area contributed by atoms with E-state index in [4.69, 9.17) is 9.47 Å². The van der Waals surface area contributed by atoms with Crippen molar-refractivity contribution >= 4 is 0 Å². The summed E-state index contributed by atoms with van der Waals surface area (Å²) in [5.74, 6) is 1.44. The van der Waals surface area contributed by atoms with Gasteiger partial charge in [0, 0.05) is 18.1 Å². The van der Waals surface area contributed by atoms with Crippen LogP contribution in [-0.2, 0) is 6.42 Å². The van der Waals surface area contributed by atoms with Crippen molar-refractivity contribution in [2.24, 2.45) is 0 Å². The molecule has 0 saturated carbocycles. The lowest BCUT2D eigenvalue weighted by molar-refractivity contribution is 0.138. The van der Waals surface area contributed by atoms with E-state index in [0.29, 0.717) is 5.75 Å². The average molecular weight is 194 g/mol. The molecule has 76 valence electrons. The minimum absolute atomic E-state index is 0.174. The van der Waals surface area contributed by atoms with Crippen molar-refractivity contribution in [3.8, 4) is 17.2 Å². The number of aromatic hydroxyl groups is 1. The van der Waals surface area contributed by atoms with Gasteiger partial charge in [-0.25, -0.2) is 0 Å².